The van der Waals surface area contributed by atoms with E-state index in [1.807, 2.05) is 60.7 Å². The van der Waals surface area contributed by atoms with Gasteiger partial charge in [-0.1, -0.05) is 36.4 Å². The highest BCUT2D eigenvalue weighted by Gasteiger charge is 2.13. The zero-order valence-corrected chi connectivity index (χ0v) is 15.2. The van der Waals surface area contributed by atoms with Crippen molar-refractivity contribution in [3.05, 3.63) is 70.4 Å². The van der Waals surface area contributed by atoms with Crippen LogP contribution < -0.4 is 0 Å². The van der Waals surface area contributed by atoms with Crippen LogP contribution in [-0.2, 0) is 0 Å². The normalized spacial score (nSPS) is 11.2. The standard InChI is InChI=1S/C21H16O2S2/c22-16(20-12-14-6-1-3-10-18(14)24-20)8-5-9-17(23)21-13-15-7-2-4-11-19(15)25-21/h1-4,6-7,10-13H,5,8-9H2. The van der Waals surface area contributed by atoms with Crippen LogP contribution in [-0.4, -0.2) is 11.6 Å². The molecule has 0 radical (unpaired) electrons. The summed E-state index contributed by atoms with van der Waals surface area (Å²) in [5.74, 6) is 0.260. The Bertz CT molecular complexity index is 920. The average molecular weight is 364 g/mol. The number of benzene rings is 2. The summed E-state index contributed by atoms with van der Waals surface area (Å²) in [5.41, 5.74) is 0. The summed E-state index contributed by atoms with van der Waals surface area (Å²) in [7, 11) is 0. The molecule has 2 aromatic heterocycles. The van der Waals surface area contributed by atoms with E-state index in [2.05, 4.69) is 0 Å². The number of rotatable bonds is 6. The van der Waals surface area contributed by atoms with Gasteiger partial charge in [0.2, 0.25) is 0 Å². The first-order valence-electron chi connectivity index (χ1n) is 8.24. The van der Waals surface area contributed by atoms with E-state index in [-0.39, 0.29) is 11.6 Å². The number of Topliss-reactive ketones (excluding diaryl/α,β-unsaturated/α-hetero) is 2. The molecule has 0 saturated carbocycles. The molecule has 0 amide bonds. The summed E-state index contributed by atoms with van der Waals surface area (Å²) in [4.78, 5) is 26.3. The molecule has 0 aliphatic heterocycles. The third-order valence-corrected chi connectivity index (χ3v) is 6.52. The molecule has 0 bridgehead atoms. The molecular formula is C21H16O2S2. The molecule has 0 N–H and O–H groups in total. The van der Waals surface area contributed by atoms with Crippen LogP contribution in [0.3, 0.4) is 0 Å². The van der Waals surface area contributed by atoms with Gasteiger partial charge in [0.05, 0.1) is 9.75 Å². The van der Waals surface area contributed by atoms with Gasteiger partial charge < -0.3 is 0 Å². The van der Waals surface area contributed by atoms with Gasteiger partial charge >= 0.3 is 0 Å². The fourth-order valence-electron chi connectivity index (χ4n) is 2.89. The van der Waals surface area contributed by atoms with Crippen LogP contribution in [0.2, 0.25) is 0 Å². The SMILES string of the molecule is O=C(CCCC(=O)c1cc2ccccc2s1)c1cc2ccccc2s1. The summed E-state index contributed by atoms with van der Waals surface area (Å²) in [6.07, 6.45) is 1.44. The number of carbonyl (C=O) groups excluding carboxylic acids is 2. The average Bonchev–Trinajstić information content (AvgIpc) is 3.25. The van der Waals surface area contributed by atoms with Crippen molar-refractivity contribution in [2.45, 2.75) is 19.3 Å². The molecule has 0 atom stereocenters. The third-order valence-electron chi connectivity index (χ3n) is 4.21. The van der Waals surface area contributed by atoms with Crippen LogP contribution in [0.1, 0.15) is 38.6 Å². The first-order chi connectivity index (χ1) is 12.2. The van der Waals surface area contributed by atoms with E-state index in [1.54, 1.807) is 0 Å². The van der Waals surface area contributed by atoms with Crippen molar-refractivity contribution in [1.29, 1.82) is 0 Å². The first-order valence-corrected chi connectivity index (χ1v) is 9.87. The van der Waals surface area contributed by atoms with E-state index in [9.17, 15) is 9.59 Å². The van der Waals surface area contributed by atoms with Crippen LogP contribution in [0.25, 0.3) is 20.2 Å². The molecule has 124 valence electrons. The predicted molar refractivity (Wildman–Crippen MR) is 106 cm³/mol. The van der Waals surface area contributed by atoms with E-state index in [4.69, 9.17) is 0 Å². The summed E-state index contributed by atoms with van der Waals surface area (Å²) in [6.45, 7) is 0. The molecule has 25 heavy (non-hydrogen) atoms. The van der Waals surface area contributed by atoms with Gasteiger partial charge in [-0.25, -0.2) is 0 Å². The van der Waals surface area contributed by atoms with Crippen molar-refractivity contribution < 1.29 is 9.59 Å². The Morgan fingerprint density at radius 2 is 1.12 bits per heavy atom. The van der Waals surface area contributed by atoms with E-state index in [1.165, 1.54) is 22.7 Å². The Labute approximate surface area is 153 Å². The number of carbonyl (C=O) groups is 2. The van der Waals surface area contributed by atoms with E-state index in [0.717, 1.165) is 29.9 Å². The van der Waals surface area contributed by atoms with Crippen LogP contribution in [0.5, 0.6) is 0 Å². The minimum Gasteiger partial charge on any atom is -0.293 e. The molecule has 0 aliphatic carbocycles. The van der Waals surface area contributed by atoms with E-state index < -0.39 is 0 Å². The van der Waals surface area contributed by atoms with Gasteiger partial charge in [-0.3, -0.25) is 9.59 Å². The summed E-state index contributed by atoms with van der Waals surface area (Å²) in [5, 5.41) is 2.22. The molecule has 4 rings (SSSR count). The lowest BCUT2D eigenvalue weighted by Crippen LogP contribution is -2.00. The second-order valence-electron chi connectivity index (χ2n) is 6.00. The quantitative estimate of drug-likeness (QED) is 0.373. The zero-order chi connectivity index (χ0) is 17.2. The lowest BCUT2D eigenvalue weighted by Gasteiger charge is -1.98. The van der Waals surface area contributed by atoms with E-state index >= 15 is 0 Å². The number of hydrogen-bond donors (Lipinski definition) is 0. The maximum atomic E-state index is 12.4. The molecular weight excluding hydrogens is 348 g/mol. The van der Waals surface area contributed by atoms with Crippen molar-refractivity contribution in [2.24, 2.45) is 0 Å². The number of ketones is 2. The molecule has 0 aliphatic rings. The van der Waals surface area contributed by atoms with Crippen LogP contribution >= 0.6 is 22.7 Å². The first kappa shape index (κ1) is 16.2. The molecule has 2 aromatic carbocycles. The number of hydrogen-bond acceptors (Lipinski definition) is 4. The largest absolute Gasteiger partial charge is 0.293 e. The Morgan fingerprint density at radius 1 is 0.680 bits per heavy atom. The summed E-state index contributed by atoms with van der Waals surface area (Å²) in [6, 6.07) is 19.9. The van der Waals surface area contributed by atoms with Gasteiger partial charge in [0.1, 0.15) is 0 Å². The van der Waals surface area contributed by atoms with Crippen molar-refractivity contribution in [3.8, 4) is 0 Å². The molecule has 2 nitrogen and oxygen atoms in total. The summed E-state index contributed by atoms with van der Waals surface area (Å²) < 4.78 is 2.26. The maximum absolute atomic E-state index is 12.4. The van der Waals surface area contributed by atoms with Crippen molar-refractivity contribution in [1.82, 2.24) is 0 Å². The van der Waals surface area contributed by atoms with Gasteiger partial charge in [0.25, 0.3) is 0 Å². The van der Waals surface area contributed by atoms with Crippen molar-refractivity contribution in [2.75, 3.05) is 0 Å². The van der Waals surface area contributed by atoms with Crippen molar-refractivity contribution >= 4 is 54.4 Å². The smallest absolute Gasteiger partial charge is 0.172 e. The topological polar surface area (TPSA) is 34.1 Å². The van der Waals surface area contributed by atoms with Gasteiger partial charge in [0.15, 0.2) is 11.6 Å². The van der Waals surface area contributed by atoms with Gasteiger partial charge in [-0.05, 0) is 41.5 Å². The van der Waals surface area contributed by atoms with Crippen LogP contribution in [0, 0.1) is 0 Å². The highest BCUT2D eigenvalue weighted by atomic mass is 32.1. The Morgan fingerprint density at radius 3 is 1.56 bits per heavy atom. The molecule has 0 spiro atoms. The fourth-order valence-corrected chi connectivity index (χ4v) is 4.95. The number of thiophene rings is 2. The molecule has 0 fully saturated rings. The number of fused-ring (bicyclic) bond motifs is 2. The predicted octanol–water partition coefficient (Wildman–Crippen LogP) is 6.35. The van der Waals surface area contributed by atoms with Crippen LogP contribution in [0.15, 0.2) is 60.7 Å². The Balaban J connectivity index is 1.38. The molecule has 4 aromatic rings. The molecule has 4 heteroatoms. The highest BCUT2D eigenvalue weighted by Crippen LogP contribution is 2.28. The van der Waals surface area contributed by atoms with Crippen LogP contribution in [0.4, 0.5) is 0 Å². The van der Waals surface area contributed by atoms with Gasteiger partial charge in [-0.2, -0.15) is 0 Å². The van der Waals surface area contributed by atoms with E-state index in [0.29, 0.717) is 19.3 Å². The summed E-state index contributed by atoms with van der Waals surface area (Å²) >= 11 is 3.06. The Kier molecular flexibility index (Phi) is 4.47. The minimum absolute atomic E-state index is 0.130. The maximum Gasteiger partial charge on any atom is 0.172 e. The third kappa shape index (κ3) is 3.41. The second kappa shape index (κ2) is 6.90. The lowest BCUT2D eigenvalue weighted by atomic mass is 10.1. The van der Waals surface area contributed by atoms with Gasteiger partial charge in [-0.15, -0.1) is 22.7 Å². The minimum atomic E-state index is 0.130. The molecule has 2 heterocycles. The lowest BCUT2D eigenvalue weighted by molar-refractivity contribution is 0.0961. The molecule has 0 unspecified atom stereocenters. The second-order valence-corrected chi connectivity index (χ2v) is 8.16. The zero-order valence-electron chi connectivity index (χ0n) is 13.5. The fraction of sp³-hybridized carbons (Fsp3) is 0.143. The molecule has 0 saturated heterocycles. The highest BCUT2D eigenvalue weighted by molar-refractivity contribution is 7.21. The Hall–Kier alpha value is -2.30. The monoisotopic (exact) mass is 364 g/mol. The van der Waals surface area contributed by atoms with Crippen molar-refractivity contribution in [3.63, 3.8) is 0 Å². The van der Waals surface area contributed by atoms with Gasteiger partial charge in [0, 0.05) is 22.2 Å².